The topological polar surface area (TPSA) is 74.0 Å². The summed E-state index contributed by atoms with van der Waals surface area (Å²) >= 11 is 0. The fourth-order valence-electron chi connectivity index (χ4n) is 1.51. The van der Waals surface area contributed by atoms with Gasteiger partial charge in [0.05, 0.1) is 11.0 Å². The van der Waals surface area contributed by atoms with E-state index in [4.69, 9.17) is 8.92 Å². The van der Waals surface area contributed by atoms with Crippen molar-refractivity contribution in [1.29, 1.82) is 0 Å². The van der Waals surface area contributed by atoms with Gasteiger partial charge in [-0.1, -0.05) is 17.7 Å². The molecule has 0 spiro atoms. The van der Waals surface area contributed by atoms with Gasteiger partial charge >= 0.3 is 5.97 Å². The fraction of sp³-hybridized carbons (Fsp3) is 0.500. The van der Waals surface area contributed by atoms with Crippen molar-refractivity contribution in [2.24, 2.45) is 5.41 Å². The summed E-state index contributed by atoms with van der Waals surface area (Å²) in [5.74, 6) is -0.274. The summed E-state index contributed by atoms with van der Waals surface area (Å²) in [5, 5.41) is 0. The molecule has 1 unspecified atom stereocenters. The molecule has 0 aromatic heterocycles. The lowest BCUT2D eigenvalue weighted by Gasteiger charge is -2.24. The van der Waals surface area contributed by atoms with E-state index in [1.165, 1.54) is 19.2 Å². The highest BCUT2D eigenvalue weighted by molar-refractivity contribution is 7.86. The molecule has 1 atom stereocenters. The molecule has 0 saturated heterocycles. The van der Waals surface area contributed by atoms with Gasteiger partial charge in [0.2, 0.25) is 0 Å². The second kappa shape index (κ2) is 5.93. The molecule has 0 amide bonds. The first-order valence-electron chi connectivity index (χ1n) is 6.21. The first kappa shape index (κ1) is 16.7. The van der Waals surface area contributed by atoms with Gasteiger partial charge in [0.1, 0.15) is 5.41 Å². The summed E-state index contributed by atoms with van der Waals surface area (Å²) in [6.45, 7) is 6.72. The van der Waals surface area contributed by atoms with Crippen LogP contribution in [0.15, 0.2) is 29.2 Å². The largest absolute Gasteiger partial charge is 0.490 e. The van der Waals surface area contributed by atoms with Crippen molar-refractivity contribution in [3.63, 3.8) is 0 Å². The molecule has 0 fully saturated rings. The van der Waals surface area contributed by atoms with E-state index in [2.05, 4.69) is 0 Å². The monoisotopic (exact) mass is 301 g/mol. The number of esters is 1. The number of ether oxygens (including phenoxy) is 1. The van der Waals surface area contributed by atoms with E-state index in [1.54, 1.807) is 32.9 Å². The van der Waals surface area contributed by atoms with Crippen molar-refractivity contribution in [3.8, 4) is 0 Å². The number of hydrogen-bond acceptors (Lipinski definition) is 4. The first-order valence-corrected chi connectivity index (χ1v) is 7.62. The van der Waals surface area contributed by atoms with Crippen molar-refractivity contribution >= 4 is 16.1 Å². The first-order chi connectivity index (χ1) is 9.11. The Morgan fingerprint density at radius 1 is 1.25 bits per heavy atom. The van der Waals surface area contributed by atoms with Gasteiger partial charge in [-0.05, 0) is 39.8 Å². The third-order valence-electron chi connectivity index (χ3n) is 3.34. The number of carbonyl (C=O) groups excluding carboxylic acids is 1. The smallest absolute Gasteiger partial charge is 0.339 e. The zero-order chi connectivity index (χ0) is 15.6. The van der Waals surface area contributed by atoms with E-state index in [1.807, 2.05) is 6.92 Å². The zero-order valence-electron chi connectivity index (χ0n) is 12.4. The van der Waals surface area contributed by atoms with Crippen LogP contribution in [0.3, 0.4) is 0 Å². The Bertz CT molecular complexity index is 572. The van der Waals surface area contributed by atoms with E-state index in [0.29, 0.717) is 0 Å². The number of aryl methyl sites for hydroxylation is 1. The molecule has 0 aliphatic carbocycles. The van der Waals surface area contributed by atoms with Crippen LogP contribution in [0.25, 0.3) is 0 Å². The molecule has 112 valence electrons. The van der Waals surface area contributed by atoms with Crippen molar-refractivity contribution < 1.29 is 22.1 Å². The van der Waals surface area contributed by atoms with Crippen LogP contribution in [0, 0.1) is 12.3 Å². The minimum absolute atomic E-state index is 0.0858. The predicted molar refractivity (Wildman–Crippen MR) is 76.6 cm³/mol. The quantitative estimate of drug-likeness (QED) is 0.475. The molecule has 20 heavy (non-hydrogen) atoms. The van der Waals surface area contributed by atoms with Gasteiger partial charge in [-0.3, -0.25) is 4.18 Å². The third kappa shape index (κ3) is 3.58. The number of rotatable bonds is 5. The van der Waals surface area contributed by atoms with Crippen LogP contribution >= 0.6 is 0 Å². The molecular weight excluding hydrogens is 280 g/mol. The van der Waals surface area contributed by atoms with Crippen molar-refractivity contribution in [1.82, 2.24) is 0 Å². The average Bonchev–Trinajstić information content (AvgIpc) is 2.37. The van der Waals surface area contributed by atoms with Gasteiger partial charge in [-0.25, -0.2) is 0 Å². The predicted octanol–water partition coefficient (Wildman–Crippen LogP) is 2.26. The van der Waals surface area contributed by atoms with Gasteiger partial charge in [-0.2, -0.15) is 8.42 Å². The summed E-state index contributed by atoms with van der Waals surface area (Å²) < 4.78 is 34.2. The fourth-order valence-corrected chi connectivity index (χ4v) is 2.71. The number of hydrogen-bond donors (Lipinski definition) is 0. The lowest BCUT2D eigenvalue weighted by atomic mass is 9.88. The minimum Gasteiger partial charge on any atom is -0.339 e. The van der Waals surface area contributed by atoms with Crippen molar-refractivity contribution in [2.75, 3.05) is 7.11 Å². The summed E-state index contributed by atoms with van der Waals surface area (Å²) in [7, 11) is -2.56. The molecule has 0 aliphatic heterocycles. The molecule has 1 aromatic rings. The highest BCUT2D eigenvalue weighted by Crippen LogP contribution is 2.28. The Morgan fingerprint density at radius 3 is 2.20 bits per heavy atom. The molecule has 1 aromatic carbocycles. The lowest BCUT2D eigenvalue weighted by Crippen LogP contribution is -2.39. The van der Waals surface area contributed by atoms with Crippen molar-refractivity contribution in [3.05, 3.63) is 29.8 Å². The third-order valence-corrected chi connectivity index (χ3v) is 4.73. The van der Waals surface area contributed by atoms with E-state index in [-0.39, 0.29) is 10.9 Å². The van der Waals surface area contributed by atoms with Crippen LogP contribution in [0.2, 0.25) is 0 Å². The Hall–Kier alpha value is -1.40. The zero-order valence-corrected chi connectivity index (χ0v) is 13.2. The molecule has 0 saturated carbocycles. The van der Waals surface area contributed by atoms with Gasteiger partial charge in [0, 0.05) is 0 Å². The van der Waals surface area contributed by atoms with Crippen LogP contribution < -0.4 is 0 Å². The Labute approximate surface area is 120 Å². The second-order valence-electron chi connectivity index (χ2n) is 5.24. The summed E-state index contributed by atoms with van der Waals surface area (Å²) in [6.07, 6.45) is -0.784. The number of methoxy groups -OCH3 is 1. The maximum Gasteiger partial charge on any atom is 0.490 e. The molecule has 0 radical (unpaired) electrons. The SMILES string of the molecule is COC(=[OH+])C(C)(C)C(C)OS(=O)(=O)c1ccc(C)cc1. The van der Waals surface area contributed by atoms with Gasteiger partial charge < -0.3 is 9.53 Å². The molecule has 0 heterocycles. The maximum absolute atomic E-state index is 12.2. The second-order valence-corrected chi connectivity index (χ2v) is 6.81. The van der Waals surface area contributed by atoms with Crippen LogP contribution in [0.4, 0.5) is 0 Å². The molecule has 5 nitrogen and oxygen atoms in total. The molecule has 1 N–H and O–H groups in total. The van der Waals surface area contributed by atoms with Gasteiger partial charge in [0.25, 0.3) is 10.1 Å². The summed E-state index contributed by atoms with van der Waals surface area (Å²) in [6, 6.07) is 6.38. The van der Waals surface area contributed by atoms with E-state index >= 15 is 0 Å². The lowest BCUT2D eigenvalue weighted by molar-refractivity contribution is 0.114. The Kier molecular flexibility index (Phi) is 4.94. The molecule has 6 heteroatoms. The van der Waals surface area contributed by atoms with E-state index < -0.39 is 21.6 Å². The Balaban J connectivity index is 2.97. The van der Waals surface area contributed by atoms with Crippen LogP contribution in [0.5, 0.6) is 0 Å². The normalized spacial score (nSPS) is 13.8. The molecule has 0 bridgehead atoms. The molecular formula is C14H21O5S+. The van der Waals surface area contributed by atoms with Gasteiger partial charge in [0.15, 0.2) is 7.11 Å². The summed E-state index contributed by atoms with van der Waals surface area (Å²) in [4.78, 5) is 9.77. The van der Waals surface area contributed by atoms with Gasteiger partial charge in [-0.15, -0.1) is 0 Å². The van der Waals surface area contributed by atoms with Crippen LogP contribution in [-0.2, 0) is 19.0 Å². The molecule has 0 aliphatic rings. The van der Waals surface area contributed by atoms with E-state index in [9.17, 15) is 13.2 Å². The summed E-state index contributed by atoms with van der Waals surface area (Å²) in [5.41, 5.74) is 0.00896. The highest BCUT2D eigenvalue weighted by Gasteiger charge is 2.44. The standard InChI is InChI=1S/C14H20O5S/c1-10-6-8-12(9-7-10)20(16,17)19-11(2)14(3,4)13(15)18-5/h6-9,11H,1-5H3/p+1. The average molecular weight is 301 g/mol. The van der Waals surface area contributed by atoms with Crippen LogP contribution in [-0.4, -0.2) is 32.4 Å². The van der Waals surface area contributed by atoms with Crippen molar-refractivity contribution in [2.45, 2.75) is 38.7 Å². The number of benzene rings is 1. The maximum atomic E-state index is 12.2. The Morgan fingerprint density at radius 2 is 1.75 bits per heavy atom. The molecule has 1 rings (SSSR count). The minimum atomic E-state index is -3.88. The van der Waals surface area contributed by atoms with Crippen LogP contribution in [0.1, 0.15) is 26.3 Å². The highest BCUT2D eigenvalue weighted by atomic mass is 32.2. The van der Waals surface area contributed by atoms with E-state index in [0.717, 1.165) is 5.56 Å².